The van der Waals surface area contributed by atoms with E-state index in [1.165, 1.54) is 6.07 Å². The monoisotopic (exact) mass is 377 g/mol. The van der Waals surface area contributed by atoms with Crippen molar-refractivity contribution in [1.82, 2.24) is 15.0 Å². The Morgan fingerprint density at radius 1 is 1.19 bits per heavy atom. The normalized spacial score (nSPS) is 20.9. The average Bonchev–Trinajstić information content (AvgIpc) is 2.69. The number of nitrogens with zero attached hydrogens (tertiary/aromatic N) is 3. The Balaban J connectivity index is 1.83. The van der Waals surface area contributed by atoms with Crippen LogP contribution in [0, 0.1) is 5.82 Å². The number of aromatic nitrogens is 3. The van der Waals surface area contributed by atoms with Crippen molar-refractivity contribution < 1.29 is 13.9 Å². The molecule has 0 amide bonds. The van der Waals surface area contributed by atoms with Gasteiger partial charge in [-0.25, -0.2) is 13.8 Å². The lowest BCUT2D eigenvalue weighted by Crippen LogP contribution is -2.29. The second kappa shape index (κ2) is 9.03. The van der Waals surface area contributed by atoms with Crippen LogP contribution in [0.25, 0.3) is 11.3 Å². The molecule has 0 aromatic carbocycles. The highest BCUT2D eigenvalue weighted by Gasteiger charge is 2.21. The van der Waals surface area contributed by atoms with Crippen LogP contribution in [-0.4, -0.2) is 44.9 Å². The summed E-state index contributed by atoms with van der Waals surface area (Å²) in [6.45, 7) is 1.92. The smallest absolute Gasteiger partial charge is 0.224 e. The van der Waals surface area contributed by atoms with Crippen molar-refractivity contribution in [3.8, 4) is 11.3 Å². The minimum atomic E-state index is -0.969. The number of rotatable bonds is 7. The van der Waals surface area contributed by atoms with Gasteiger partial charge in [0, 0.05) is 18.8 Å². The largest absolute Gasteiger partial charge is 0.393 e. The van der Waals surface area contributed by atoms with Crippen LogP contribution in [0.3, 0.4) is 0 Å². The summed E-state index contributed by atoms with van der Waals surface area (Å²) in [7, 11) is 0. The molecular weight excluding hydrogens is 352 g/mol. The molecule has 3 N–H and O–H groups in total. The van der Waals surface area contributed by atoms with E-state index in [1.807, 2.05) is 0 Å². The van der Waals surface area contributed by atoms with Crippen molar-refractivity contribution in [2.75, 3.05) is 17.2 Å². The van der Waals surface area contributed by atoms with Crippen LogP contribution in [0.2, 0.25) is 0 Å². The summed E-state index contributed by atoms with van der Waals surface area (Å²) < 4.78 is 26.7. The summed E-state index contributed by atoms with van der Waals surface area (Å²) >= 11 is 0. The molecule has 1 saturated carbocycles. The highest BCUT2D eigenvalue weighted by Crippen LogP contribution is 2.28. The van der Waals surface area contributed by atoms with Gasteiger partial charge >= 0.3 is 0 Å². The van der Waals surface area contributed by atoms with Gasteiger partial charge in [0.25, 0.3) is 0 Å². The molecule has 27 heavy (non-hydrogen) atoms. The first-order valence-electron chi connectivity index (χ1n) is 9.36. The van der Waals surface area contributed by atoms with Crippen LogP contribution >= 0.6 is 0 Å². The van der Waals surface area contributed by atoms with Gasteiger partial charge in [-0.05, 0) is 44.2 Å². The number of aliphatic hydroxyl groups is 1. The molecule has 0 aliphatic heterocycles. The van der Waals surface area contributed by atoms with Crippen molar-refractivity contribution in [3.63, 3.8) is 0 Å². The third-order valence-corrected chi connectivity index (χ3v) is 4.75. The minimum Gasteiger partial charge on any atom is -0.393 e. The SMILES string of the molecule is CC[C@H](F)CNc1ncc(-c2ccc(F)cn2)c(N[C@H]2CC[C@H](O)CC2)n1. The number of alkyl halides is 1. The fourth-order valence-corrected chi connectivity index (χ4v) is 3.06. The maximum absolute atomic E-state index is 13.5. The van der Waals surface area contributed by atoms with Gasteiger partial charge in [-0.3, -0.25) is 4.98 Å². The summed E-state index contributed by atoms with van der Waals surface area (Å²) in [4.78, 5) is 12.9. The van der Waals surface area contributed by atoms with Gasteiger partial charge in [-0.15, -0.1) is 0 Å². The van der Waals surface area contributed by atoms with E-state index in [0.717, 1.165) is 31.9 Å². The molecule has 3 rings (SSSR count). The molecule has 2 heterocycles. The third-order valence-electron chi connectivity index (χ3n) is 4.75. The molecule has 1 fully saturated rings. The number of pyridine rings is 1. The van der Waals surface area contributed by atoms with Gasteiger partial charge in [-0.2, -0.15) is 4.98 Å². The Hall–Kier alpha value is -2.35. The lowest BCUT2D eigenvalue weighted by Gasteiger charge is -2.27. The Labute approximate surface area is 157 Å². The molecule has 1 atom stereocenters. The van der Waals surface area contributed by atoms with Gasteiger partial charge < -0.3 is 15.7 Å². The molecule has 0 spiro atoms. The van der Waals surface area contributed by atoms with Gasteiger partial charge in [0.05, 0.1) is 23.6 Å². The maximum Gasteiger partial charge on any atom is 0.224 e. The van der Waals surface area contributed by atoms with Crippen molar-refractivity contribution in [1.29, 1.82) is 0 Å². The second-order valence-electron chi connectivity index (χ2n) is 6.85. The first kappa shape index (κ1) is 19.4. The Morgan fingerprint density at radius 3 is 2.63 bits per heavy atom. The summed E-state index contributed by atoms with van der Waals surface area (Å²) in [5.41, 5.74) is 1.21. The number of anilines is 2. The van der Waals surface area contributed by atoms with E-state index in [1.54, 1.807) is 19.2 Å². The number of aliphatic hydroxyl groups excluding tert-OH is 1. The zero-order valence-corrected chi connectivity index (χ0v) is 15.3. The highest BCUT2D eigenvalue weighted by molar-refractivity contribution is 5.72. The fourth-order valence-electron chi connectivity index (χ4n) is 3.06. The van der Waals surface area contributed by atoms with E-state index in [0.29, 0.717) is 29.4 Å². The Kier molecular flexibility index (Phi) is 6.49. The van der Waals surface area contributed by atoms with Crippen LogP contribution in [0.5, 0.6) is 0 Å². The average molecular weight is 377 g/mol. The van der Waals surface area contributed by atoms with E-state index in [4.69, 9.17) is 0 Å². The van der Waals surface area contributed by atoms with Crippen LogP contribution in [0.1, 0.15) is 39.0 Å². The van der Waals surface area contributed by atoms with E-state index >= 15 is 0 Å². The molecule has 2 aromatic heterocycles. The fraction of sp³-hybridized carbons (Fsp3) is 0.526. The van der Waals surface area contributed by atoms with Crippen molar-refractivity contribution >= 4 is 11.8 Å². The van der Waals surface area contributed by atoms with E-state index in [9.17, 15) is 13.9 Å². The van der Waals surface area contributed by atoms with Crippen molar-refractivity contribution in [2.45, 2.75) is 57.3 Å². The molecule has 0 unspecified atom stereocenters. The molecular formula is C19H25F2N5O. The van der Waals surface area contributed by atoms with Gasteiger partial charge in [0.2, 0.25) is 5.95 Å². The lowest BCUT2D eigenvalue weighted by atomic mass is 9.93. The molecule has 0 saturated heterocycles. The van der Waals surface area contributed by atoms with E-state index < -0.39 is 12.0 Å². The van der Waals surface area contributed by atoms with Crippen LogP contribution < -0.4 is 10.6 Å². The van der Waals surface area contributed by atoms with Crippen LogP contribution in [-0.2, 0) is 0 Å². The Morgan fingerprint density at radius 2 is 1.96 bits per heavy atom. The summed E-state index contributed by atoms with van der Waals surface area (Å²) in [6, 6.07) is 3.08. The molecule has 1 aliphatic rings. The number of hydrogen-bond acceptors (Lipinski definition) is 6. The quantitative estimate of drug-likeness (QED) is 0.684. The summed E-state index contributed by atoms with van der Waals surface area (Å²) in [5, 5.41) is 16.0. The zero-order chi connectivity index (χ0) is 19.2. The van der Waals surface area contributed by atoms with E-state index in [-0.39, 0.29) is 18.7 Å². The predicted molar refractivity (Wildman–Crippen MR) is 101 cm³/mol. The van der Waals surface area contributed by atoms with E-state index in [2.05, 4.69) is 25.6 Å². The molecule has 6 nitrogen and oxygen atoms in total. The molecule has 0 bridgehead atoms. The minimum absolute atomic E-state index is 0.139. The maximum atomic E-state index is 13.5. The standard InChI is InChI=1S/C19H25F2N5O/c1-2-12(20)9-23-19-24-11-16(17-8-3-13(21)10-22-17)18(26-19)25-14-4-6-15(27)7-5-14/h3,8,10-12,14-15,27H,2,4-7,9H2,1H3,(H2,23,24,25,26)/t12-,14-,15-/m0/s1. The van der Waals surface area contributed by atoms with Crippen molar-refractivity contribution in [2.24, 2.45) is 0 Å². The third kappa shape index (κ3) is 5.32. The number of halogens is 2. The summed E-state index contributed by atoms with van der Waals surface area (Å²) in [5.74, 6) is 0.484. The number of hydrogen-bond donors (Lipinski definition) is 3. The van der Waals surface area contributed by atoms with Crippen LogP contribution in [0.4, 0.5) is 20.5 Å². The van der Waals surface area contributed by atoms with Crippen molar-refractivity contribution in [3.05, 3.63) is 30.3 Å². The van der Waals surface area contributed by atoms with Gasteiger partial charge in [0.15, 0.2) is 0 Å². The Bertz CT molecular complexity index is 735. The van der Waals surface area contributed by atoms with Gasteiger partial charge in [-0.1, -0.05) is 6.92 Å². The van der Waals surface area contributed by atoms with Gasteiger partial charge in [0.1, 0.15) is 17.8 Å². The second-order valence-corrected chi connectivity index (χ2v) is 6.85. The lowest BCUT2D eigenvalue weighted by molar-refractivity contribution is 0.126. The number of nitrogens with one attached hydrogen (secondary N) is 2. The molecule has 1 aliphatic carbocycles. The topological polar surface area (TPSA) is 83.0 Å². The molecule has 8 heteroatoms. The van der Waals surface area contributed by atoms with Crippen LogP contribution in [0.15, 0.2) is 24.5 Å². The molecule has 146 valence electrons. The zero-order valence-electron chi connectivity index (χ0n) is 15.3. The predicted octanol–water partition coefficient (Wildman–Crippen LogP) is 3.55. The highest BCUT2D eigenvalue weighted by atomic mass is 19.1. The summed E-state index contributed by atoms with van der Waals surface area (Å²) in [6.07, 6.45) is 5.07. The molecule has 0 radical (unpaired) electrons. The first-order valence-corrected chi connectivity index (χ1v) is 9.36. The first-order chi connectivity index (χ1) is 13.0. The molecule has 2 aromatic rings.